The van der Waals surface area contributed by atoms with E-state index in [0.717, 1.165) is 11.1 Å². The molecule has 2 aromatic rings. The predicted molar refractivity (Wildman–Crippen MR) is 90.3 cm³/mol. The summed E-state index contributed by atoms with van der Waals surface area (Å²) >= 11 is 0. The van der Waals surface area contributed by atoms with Crippen LogP contribution >= 0.6 is 12.4 Å². The largest absolute Gasteiger partial charge is 0.358 e. The lowest BCUT2D eigenvalue weighted by atomic mass is 10.1. The Balaban J connectivity index is 0.00000264. The van der Waals surface area contributed by atoms with Crippen LogP contribution in [-0.4, -0.2) is 28.6 Å². The highest BCUT2D eigenvalue weighted by atomic mass is 35.5. The number of aromatic nitrogens is 2. The van der Waals surface area contributed by atoms with E-state index in [1.807, 2.05) is 31.2 Å². The van der Waals surface area contributed by atoms with E-state index >= 15 is 0 Å². The molecule has 8 heteroatoms. The normalized spacial score (nSPS) is 11.3. The molecule has 0 aliphatic rings. The Hall–Kier alpha value is -2.38. The topological polar surface area (TPSA) is 102 Å². The molecule has 0 aliphatic heterocycles. The maximum atomic E-state index is 12.1. The second kappa shape index (κ2) is 8.30. The fraction of sp³-hybridized carbons (Fsp3) is 0.267. The standard InChI is InChI=1S/C15H19N5O2.ClH/c1-10-3-5-11(6-4-10)14(16)15(22)19-12-7-18-20(8-12)9-13(21)17-2;/h3-8,14H,9,16H2,1-2H3,(H,17,21)(H,19,22);1H. The molecule has 23 heavy (non-hydrogen) atoms. The lowest BCUT2D eigenvalue weighted by Crippen LogP contribution is -2.27. The Morgan fingerprint density at radius 3 is 2.57 bits per heavy atom. The summed E-state index contributed by atoms with van der Waals surface area (Å²) in [6, 6.07) is 6.71. The van der Waals surface area contributed by atoms with Crippen LogP contribution in [0.25, 0.3) is 0 Å². The molecule has 1 unspecified atom stereocenters. The fourth-order valence-electron chi connectivity index (χ4n) is 1.89. The van der Waals surface area contributed by atoms with Gasteiger partial charge in [-0.3, -0.25) is 14.3 Å². The van der Waals surface area contributed by atoms with E-state index in [0.29, 0.717) is 5.69 Å². The van der Waals surface area contributed by atoms with Gasteiger partial charge >= 0.3 is 0 Å². The second-order valence-corrected chi connectivity index (χ2v) is 4.98. The molecule has 124 valence electrons. The van der Waals surface area contributed by atoms with Gasteiger partial charge in [-0.1, -0.05) is 29.8 Å². The summed E-state index contributed by atoms with van der Waals surface area (Å²) in [7, 11) is 1.55. The van der Waals surface area contributed by atoms with Crippen LogP contribution in [0.2, 0.25) is 0 Å². The summed E-state index contributed by atoms with van der Waals surface area (Å²) in [4.78, 5) is 23.4. The smallest absolute Gasteiger partial charge is 0.245 e. The average molecular weight is 338 g/mol. The molecule has 0 fully saturated rings. The highest BCUT2D eigenvalue weighted by Crippen LogP contribution is 2.14. The van der Waals surface area contributed by atoms with Crippen molar-refractivity contribution in [2.45, 2.75) is 19.5 Å². The highest BCUT2D eigenvalue weighted by Gasteiger charge is 2.16. The number of anilines is 1. The van der Waals surface area contributed by atoms with Crippen molar-refractivity contribution in [3.63, 3.8) is 0 Å². The van der Waals surface area contributed by atoms with E-state index in [1.54, 1.807) is 13.2 Å². The monoisotopic (exact) mass is 337 g/mol. The van der Waals surface area contributed by atoms with Gasteiger partial charge in [0.25, 0.3) is 0 Å². The zero-order valence-corrected chi connectivity index (χ0v) is 13.8. The molecular weight excluding hydrogens is 318 g/mol. The molecule has 1 aromatic heterocycles. The Morgan fingerprint density at radius 1 is 1.30 bits per heavy atom. The first-order valence-corrected chi connectivity index (χ1v) is 6.85. The van der Waals surface area contributed by atoms with Gasteiger partial charge in [0.1, 0.15) is 12.6 Å². The third-order valence-corrected chi connectivity index (χ3v) is 3.20. The van der Waals surface area contributed by atoms with Gasteiger partial charge in [-0.25, -0.2) is 0 Å². The van der Waals surface area contributed by atoms with E-state index in [1.165, 1.54) is 10.9 Å². The molecule has 4 N–H and O–H groups in total. The van der Waals surface area contributed by atoms with Crippen LogP contribution in [0.4, 0.5) is 5.69 Å². The Morgan fingerprint density at radius 2 is 1.96 bits per heavy atom. The van der Waals surface area contributed by atoms with Gasteiger partial charge in [0, 0.05) is 13.2 Å². The predicted octanol–water partition coefficient (Wildman–Crippen LogP) is 0.998. The molecule has 0 radical (unpaired) electrons. The zero-order valence-electron chi connectivity index (χ0n) is 12.9. The molecule has 2 amide bonds. The first-order valence-electron chi connectivity index (χ1n) is 6.85. The molecule has 1 aromatic carbocycles. The van der Waals surface area contributed by atoms with Gasteiger partial charge in [0.15, 0.2) is 0 Å². The molecule has 0 bridgehead atoms. The van der Waals surface area contributed by atoms with E-state index in [4.69, 9.17) is 5.73 Å². The molecule has 0 saturated carbocycles. The molecule has 0 spiro atoms. The molecule has 1 atom stereocenters. The van der Waals surface area contributed by atoms with Crippen molar-refractivity contribution in [3.8, 4) is 0 Å². The number of nitrogens with zero attached hydrogens (tertiary/aromatic N) is 2. The molecule has 0 saturated heterocycles. The van der Waals surface area contributed by atoms with Gasteiger partial charge in [-0.2, -0.15) is 5.10 Å². The third kappa shape index (κ3) is 5.08. The minimum Gasteiger partial charge on any atom is -0.358 e. The van der Waals surface area contributed by atoms with Crippen molar-refractivity contribution < 1.29 is 9.59 Å². The summed E-state index contributed by atoms with van der Waals surface area (Å²) in [5, 5.41) is 9.19. The van der Waals surface area contributed by atoms with Gasteiger partial charge in [-0.05, 0) is 12.5 Å². The molecule has 7 nitrogen and oxygen atoms in total. The second-order valence-electron chi connectivity index (χ2n) is 4.98. The SMILES string of the molecule is CNC(=O)Cn1cc(NC(=O)C(N)c2ccc(C)cc2)cn1.Cl. The Labute approximate surface area is 140 Å². The van der Waals surface area contributed by atoms with Crippen molar-refractivity contribution in [1.29, 1.82) is 0 Å². The van der Waals surface area contributed by atoms with Crippen LogP contribution in [-0.2, 0) is 16.1 Å². The maximum absolute atomic E-state index is 12.1. The minimum atomic E-state index is -0.761. The van der Waals surface area contributed by atoms with Gasteiger partial charge in [-0.15, -0.1) is 12.4 Å². The molecule has 0 aliphatic carbocycles. The minimum absolute atomic E-state index is 0. The number of hydrogen-bond acceptors (Lipinski definition) is 4. The van der Waals surface area contributed by atoms with Crippen molar-refractivity contribution >= 4 is 29.9 Å². The zero-order chi connectivity index (χ0) is 16.1. The highest BCUT2D eigenvalue weighted by molar-refractivity contribution is 5.95. The number of benzene rings is 1. The number of nitrogens with two attached hydrogens (primary N) is 1. The summed E-state index contributed by atoms with van der Waals surface area (Å²) in [6.45, 7) is 2.06. The molecular formula is C15H20ClN5O2. The number of rotatable bonds is 5. The quantitative estimate of drug-likeness (QED) is 0.757. The maximum Gasteiger partial charge on any atom is 0.245 e. The van der Waals surface area contributed by atoms with Crippen LogP contribution < -0.4 is 16.4 Å². The van der Waals surface area contributed by atoms with E-state index < -0.39 is 6.04 Å². The van der Waals surface area contributed by atoms with Crippen LogP contribution in [0.3, 0.4) is 0 Å². The number of hydrogen-bond donors (Lipinski definition) is 3. The van der Waals surface area contributed by atoms with Crippen molar-refractivity contribution in [2.75, 3.05) is 12.4 Å². The lowest BCUT2D eigenvalue weighted by molar-refractivity contribution is -0.121. The van der Waals surface area contributed by atoms with Crippen LogP contribution in [0.15, 0.2) is 36.7 Å². The average Bonchev–Trinajstić information content (AvgIpc) is 2.94. The molecule has 2 rings (SSSR count). The number of aryl methyl sites for hydroxylation is 1. The summed E-state index contributed by atoms with van der Waals surface area (Å²) in [5.41, 5.74) is 8.28. The van der Waals surface area contributed by atoms with Crippen molar-refractivity contribution in [1.82, 2.24) is 15.1 Å². The number of carbonyl (C=O) groups is 2. The van der Waals surface area contributed by atoms with Crippen LogP contribution in [0.5, 0.6) is 0 Å². The Bertz CT molecular complexity index is 669. The van der Waals surface area contributed by atoms with E-state index in [-0.39, 0.29) is 30.8 Å². The first-order chi connectivity index (χ1) is 10.5. The number of amides is 2. The van der Waals surface area contributed by atoms with E-state index in [9.17, 15) is 9.59 Å². The number of nitrogens with one attached hydrogen (secondary N) is 2. The summed E-state index contributed by atoms with van der Waals surface area (Å²) in [6.07, 6.45) is 3.05. The van der Waals surface area contributed by atoms with Crippen LogP contribution in [0.1, 0.15) is 17.2 Å². The summed E-state index contributed by atoms with van der Waals surface area (Å²) < 4.78 is 1.44. The Kier molecular flexibility index (Phi) is 6.74. The van der Waals surface area contributed by atoms with Crippen molar-refractivity contribution in [3.05, 3.63) is 47.8 Å². The number of halogens is 1. The third-order valence-electron chi connectivity index (χ3n) is 3.20. The summed E-state index contributed by atoms with van der Waals surface area (Å²) in [5.74, 6) is -0.499. The fourth-order valence-corrected chi connectivity index (χ4v) is 1.89. The van der Waals surface area contributed by atoms with Gasteiger partial charge in [0.05, 0.1) is 11.9 Å². The van der Waals surface area contributed by atoms with Gasteiger partial charge < -0.3 is 16.4 Å². The molecule has 1 heterocycles. The number of likely N-dealkylation sites (N-methyl/N-ethyl adjacent to an activating group) is 1. The van der Waals surface area contributed by atoms with Crippen LogP contribution in [0, 0.1) is 6.92 Å². The lowest BCUT2D eigenvalue weighted by Gasteiger charge is -2.11. The number of carbonyl (C=O) groups excluding carboxylic acids is 2. The van der Waals surface area contributed by atoms with Gasteiger partial charge in [0.2, 0.25) is 11.8 Å². The first kappa shape index (κ1) is 18.7. The van der Waals surface area contributed by atoms with E-state index in [2.05, 4.69) is 15.7 Å². The van der Waals surface area contributed by atoms with Crippen molar-refractivity contribution in [2.24, 2.45) is 5.73 Å².